The van der Waals surface area contributed by atoms with Crippen LogP contribution < -0.4 is 16.0 Å². The van der Waals surface area contributed by atoms with E-state index in [9.17, 15) is 13.2 Å². The molecule has 4 rings (SSSR count). The molecule has 0 spiro atoms. The first kappa shape index (κ1) is 19.7. The minimum absolute atomic E-state index is 0.0564. The molecule has 0 amide bonds. The predicted molar refractivity (Wildman–Crippen MR) is 107 cm³/mol. The Hall–Kier alpha value is -2.63. The van der Waals surface area contributed by atoms with Gasteiger partial charge in [0.1, 0.15) is 10.4 Å². The summed E-state index contributed by atoms with van der Waals surface area (Å²) in [5.41, 5.74) is 1.08. The van der Waals surface area contributed by atoms with Crippen molar-refractivity contribution in [2.24, 2.45) is 11.1 Å². The molecule has 3 N–H and O–H groups in total. The zero-order chi connectivity index (χ0) is 20.6. The van der Waals surface area contributed by atoms with Gasteiger partial charge in [-0.1, -0.05) is 6.42 Å². The molecule has 1 fully saturated rings. The molecule has 0 atom stereocenters. The van der Waals surface area contributed by atoms with E-state index in [4.69, 9.17) is 16.7 Å². The number of hydrogen-bond donors (Lipinski definition) is 2. The summed E-state index contributed by atoms with van der Waals surface area (Å²) in [6.45, 7) is 0.720. The summed E-state index contributed by atoms with van der Waals surface area (Å²) < 4.78 is 24.2. The number of nitrogens with two attached hydrogens (primary N) is 1. The van der Waals surface area contributed by atoms with Crippen LogP contribution in [0.2, 0.25) is 5.28 Å². The van der Waals surface area contributed by atoms with E-state index in [1.165, 1.54) is 24.5 Å². The van der Waals surface area contributed by atoms with Gasteiger partial charge in [-0.15, -0.1) is 0 Å². The first-order valence-corrected chi connectivity index (χ1v) is 10.9. The molecule has 3 aromatic heterocycles. The Balaban J connectivity index is 1.64. The maximum Gasteiger partial charge on any atom is 0.294 e. The molecule has 12 heteroatoms. The fourth-order valence-corrected chi connectivity index (χ4v) is 3.68. The van der Waals surface area contributed by atoms with Gasteiger partial charge in [-0.25, -0.2) is 23.5 Å². The van der Waals surface area contributed by atoms with Crippen molar-refractivity contribution >= 4 is 38.6 Å². The number of pyridine rings is 1. The van der Waals surface area contributed by atoms with Crippen molar-refractivity contribution in [2.75, 3.05) is 5.32 Å². The highest BCUT2D eigenvalue weighted by Crippen LogP contribution is 2.28. The molecule has 3 heterocycles. The van der Waals surface area contributed by atoms with E-state index in [0.717, 1.165) is 19.3 Å². The highest BCUT2D eigenvalue weighted by molar-refractivity contribution is 7.89. The van der Waals surface area contributed by atoms with Gasteiger partial charge in [-0.2, -0.15) is 4.98 Å². The first-order valence-electron chi connectivity index (χ1n) is 8.96. The molecule has 0 unspecified atom stereocenters. The van der Waals surface area contributed by atoms with E-state index in [-0.39, 0.29) is 28.1 Å². The van der Waals surface area contributed by atoms with Crippen LogP contribution in [0.25, 0.3) is 11.2 Å². The van der Waals surface area contributed by atoms with Gasteiger partial charge in [0.15, 0.2) is 11.5 Å². The first-order chi connectivity index (χ1) is 13.8. The predicted octanol–water partition coefficient (Wildman–Crippen LogP) is 1.29. The smallest absolute Gasteiger partial charge is 0.294 e. The van der Waals surface area contributed by atoms with E-state index in [1.807, 2.05) is 0 Å². The van der Waals surface area contributed by atoms with Crippen molar-refractivity contribution < 1.29 is 8.42 Å². The van der Waals surface area contributed by atoms with Crippen LogP contribution in [-0.2, 0) is 23.1 Å². The van der Waals surface area contributed by atoms with E-state index in [0.29, 0.717) is 29.3 Å². The molecule has 10 nitrogen and oxygen atoms in total. The lowest BCUT2D eigenvalue weighted by atomic mass is 9.85. The molecular formula is C17H18ClN7O3S. The zero-order valence-electron chi connectivity index (χ0n) is 15.2. The third kappa shape index (κ3) is 4.21. The Kier molecular flexibility index (Phi) is 5.19. The molecule has 3 aromatic rings. The van der Waals surface area contributed by atoms with Crippen molar-refractivity contribution in [2.45, 2.75) is 37.2 Å². The van der Waals surface area contributed by atoms with Crippen LogP contribution >= 0.6 is 11.6 Å². The number of aromatic nitrogens is 5. The Bertz CT molecular complexity index is 1220. The molecular weight excluding hydrogens is 418 g/mol. The van der Waals surface area contributed by atoms with Crippen LogP contribution in [0.4, 0.5) is 5.82 Å². The molecule has 0 radical (unpaired) electrons. The van der Waals surface area contributed by atoms with E-state index in [1.54, 1.807) is 4.57 Å². The molecule has 29 heavy (non-hydrogen) atoms. The number of hydrogen-bond acceptors (Lipinski definition) is 8. The summed E-state index contributed by atoms with van der Waals surface area (Å²) in [5, 5.41) is 8.09. The fourth-order valence-electron chi connectivity index (χ4n) is 3.09. The van der Waals surface area contributed by atoms with E-state index in [2.05, 4.69) is 25.3 Å². The van der Waals surface area contributed by atoms with Crippen molar-refractivity contribution in [3.8, 4) is 0 Å². The topological polar surface area (TPSA) is 146 Å². The second kappa shape index (κ2) is 7.65. The molecule has 1 saturated carbocycles. The molecule has 0 saturated heterocycles. The van der Waals surface area contributed by atoms with Crippen LogP contribution in [0, 0.1) is 5.92 Å². The SMILES string of the molecule is NS(=O)(=O)c1ccc(CNc2nc3cnc(Cl)nc3n(CC3CCC3)c2=O)nc1. The maximum atomic E-state index is 13.0. The van der Waals surface area contributed by atoms with Gasteiger partial charge in [0.05, 0.1) is 18.4 Å². The van der Waals surface area contributed by atoms with Gasteiger partial charge in [0.25, 0.3) is 5.56 Å². The largest absolute Gasteiger partial charge is 0.360 e. The Morgan fingerprint density at radius 2 is 2.00 bits per heavy atom. The number of rotatable bonds is 6. The summed E-state index contributed by atoms with van der Waals surface area (Å²) in [6, 6.07) is 2.88. The normalized spacial score (nSPS) is 14.7. The summed E-state index contributed by atoms with van der Waals surface area (Å²) >= 11 is 5.91. The Labute approximate surface area is 171 Å². The highest BCUT2D eigenvalue weighted by atomic mass is 35.5. The van der Waals surface area contributed by atoms with Gasteiger partial charge >= 0.3 is 0 Å². The second-order valence-electron chi connectivity index (χ2n) is 6.90. The van der Waals surface area contributed by atoms with Crippen molar-refractivity contribution in [3.63, 3.8) is 0 Å². The van der Waals surface area contributed by atoms with Crippen LogP contribution in [0.3, 0.4) is 0 Å². The third-order valence-electron chi connectivity index (χ3n) is 4.88. The van der Waals surface area contributed by atoms with Gasteiger partial charge in [0.2, 0.25) is 15.3 Å². The van der Waals surface area contributed by atoms with E-state index < -0.39 is 10.0 Å². The van der Waals surface area contributed by atoms with E-state index >= 15 is 0 Å². The molecule has 152 valence electrons. The van der Waals surface area contributed by atoms with Gasteiger partial charge in [0, 0.05) is 12.7 Å². The van der Waals surface area contributed by atoms with Crippen molar-refractivity contribution in [1.29, 1.82) is 0 Å². The second-order valence-corrected chi connectivity index (χ2v) is 8.80. The monoisotopic (exact) mass is 435 g/mol. The lowest BCUT2D eigenvalue weighted by Gasteiger charge is -2.26. The minimum atomic E-state index is -3.81. The average molecular weight is 436 g/mol. The lowest BCUT2D eigenvalue weighted by molar-refractivity contribution is 0.276. The van der Waals surface area contributed by atoms with Crippen molar-refractivity contribution in [1.82, 2.24) is 24.5 Å². The number of sulfonamides is 1. The van der Waals surface area contributed by atoms with Crippen LogP contribution in [0.15, 0.2) is 34.2 Å². The van der Waals surface area contributed by atoms with Gasteiger partial charge < -0.3 is 5.32 Å². The highest BCUT2D eigenvalue weighted by Gasteiger charge is 2.21. The quantitative estimate of drug-likeness (QED) is 0.550. The summed E-state index contributed by atoms with van der Waals surface area (Å²) in [4.78, 5) is 29.4. The van der Waals surface area contributed by atoms with Crippen molar-refractivity contribution in [3.05, 3.63) is 45.9 Å². The number of primary sulfonamides is 1. The number of anilines is 1. The molecule has 1 aliphatic rings. The molecule has 0 aliphatic heterocycles. The molecule has 1 aliphatic carbocycles. The zero-order valence-corrected chi connectivity index (χ0v) is 16.8. The number of nitrogens with one attached hydrogen (secondary N) is 1. The summed E-state index contributed by atoms with van der Waals surface area (Å²) in [6.07, 6.45) is 5.94. The summed E-state index contributed by atoms with van der Waals surface area (Å²) in [5.74, 6) is 0.562. The Morgan fingerprint density at radius 3 is 2.62 bits per heavy atom. The standard InChI is InChI=1S/C17H18ClN7O3S/c18-17-22-8-13-15(24-17)25(9-10-2-1-3-10)16(26)14(23-13)21-6-11-4-5-12(7-20-11)29(19,27)28/h4-5,7-8,10H,1-3,6,9H2,(H,21,23)(H2,19,27,28). The lowest BCUT2D eigenvalue weighted by Crippen LogP contribution is -2.30. The summed E-state index contributed by atoms with van der Waals surface area (Å²) in [7, 11) is -3.81. The van der Waals surface area contributed by atoms with Gasteiger partial charge in [-0.05, 0) is 42.5 Å². The van der Waals surface area contributed by atoms with Crippen LogP contribution in [0.5, 0.6) is 0 Å². The minimum Gasteiger partial charge on any atom is -0.360 e. The maximum absolute atomic E-state index is 13.0. The van der Waals surface area contributed by atoms with Crippen LogP contribution in [0.1, 0.15) is 25.0 Å². The Morgan fingerprint density at radius 1 is 1.21 bits per heavy atom. The third-order valence-corrected chi connectivity index (χ3v) is 5.97. The molecule has 0 aromatic carbocycles. The fraction of sp³-hybridized carbons (Fsp3) is 0.353. The van der Waals surface area contributed by atoms with Gasteiger partial charge in [-0.3, -0.25) is 14.3 Å². The average Bonchev–Trinajstić information content (AvgIpc) is 2.64. The molecule has 0 bridgehead atoms. The number of nitrogens with zero attached hydrogens (tertiary/aromatic N) is 5. The number of fused-ring (bicyclic) bond motifs is 1. The number of halogens is 1. The van der Waals surface area contributed by atoms with Crippen LogP contribution in [-0.4, -0.2) is 32.9 Å².